The molecular weight excluding hydrogens is 502 g/mol. The van der Waals surface area contributed by atoms with Crippen molar-refractivity contribution in [2.45, 2.75) is 92.4 Å². The Labute approximate surface area is 218 Å². The lowest BCUT2D eigenvalue weighted by Gasteiger charge is -2.23. The fourth-order valence-electron chi connectivity index (χ4n) is 3.69. The first-order valence-corrected chi connectivity index (χ1v) is 16.9. The van der Waals surface area contributed by atoms with E-state index in [1.165, 1.54) is 0 Å². The molecule has 0 spiro atoms. The van der Waals surface area contributed by atoms with Crippen LogP contribution in [0.2, 0.25) is 0 Å². The molecule has 0 N–H and O–H groups in total. The fraction of sp³-hybridized carbons (Fsp3) is 0.769. The molecule has 0 aliphatic heterocycles. The van der Waals surface area contributed by atoms with E-state index in [2.05, 4.69) is 13.8 Å². The van der Waals surface area contributed by atoms with Crippen molar-refractivity contribution in [3.63, 3.8) is 0 Å². The monoisotopic (exact) mass is 550 g/mol. The molecule has 1 rings (SSSR count). The summed E-state index contributed by atoms with van der Waals surface area (Å²) >= 11 is 0. The van der Waals surface area contributed by atoms with Crippen molar-refractivity contribution in [3.05, 3.63) is 23.3 Å². The standard InChI is InChI=1S/C26H48O8P2/c1-7-13-15-17-29-25-19-24(22-36(28,33-11-5)34-12-6)26(30-18-16-14-8-2)20-23(25)21-35(27,31-9-3)32-10-4/h19-20H,7-18,21-22H2,1-6H3. The molecule has 0 fully saturated rings. The zero-order valence-electron chi connectivity index (χ0n) is 23.2. The summed E-state index contributed by atoms with van der Waals surface area (Å²) in [5.74, 6) is 1.11. The van der Waals surface area contributed by atoms with Crippen molar-refractivity contribution < 1.29 is 36.7 Å². The highest BCUT2D eigenvalue weighted by atomic mass is 31.2. The highest BCUT2D eigenvalue weighted by molar-refractivity contribution is 7.53. The Morgan fingerprint density at radius 3 is 1.17 bits per heavy atom. The summed E-state index contributed by atoms with van der Waals surface area (Å²) in [4.78, 5) is 0. The van der Waals surface area contributed by atoms with Crippen molar-refractivity contribution >= 4 is 15.2 Å². The van der Waals surface area contributed by atoms with Gasteiger partial charge in [-0.25, -0.2) is 0 Å². The Kier molecular flexibility index (Phi) is 16.9. The normalized spacial score (nSPS) is 12.2. The molecule has 0 atom stereocenters. The van der Waals surface area contributed by atoms with E-state index in [1.54, 1.807) is 27.7 Å². The Balaban J connectivity index is 3.49. The van der Waals surface area contributed by atoms with Crippen molar-refractivity contribution in [3.8, 4) is 11.5 Å². The second-order valence-corrected chi connectivity index (χ2v) is 12.5. The zero-order valence-corrected chi connectivity index (χ0v) is 25.0. The molecule has 36 heavy (non-hydrogen) atoms. The van der Waals surface area contributed by atoms with Crippen LogP contribution in [0.4, 0.5) is 0 Å². The minimum Gasteiger partial charge on any atom is -0.493 e. The molecule has 1 aromatic carbocycles. The van der Waals surface area contributed by atoms with E-state index < -0.39 is 15.2 Å². The first-order valence-electron chi connectivity index (χ1n) is 13.5. The average Bonchev–Trinajstić information content (AvgIpc) is 2.82. The van der Waals surface area contributed by atoms with Gasteiger partial charge in [-0.2, -0.15) is 0 Å². The molecule has 10 heteroatoms. The van der Waals surface area contributed by atoms with Gasteiger partial charge in [0.2, 0.25) is 0 Å². The van der Waals surface area contributed by atoms with E-state index in [9.17, 15) is 9.13 Å². The number of hydrogen-bond donors (Lipinski definition) is 0. The van der Waals surface area contributed by atoms with Gasteiger partial charge in [-0.1, -0.05) is 39.5 Å². The second kappa shape index (κ2) is 18.4. The summed E-state index contributed by atoms with van der Waals surface area (Å²) in [5.41, 5.74) is 1.35. The van der Waals surface area contributed by atoms with Crippen LogP contribution in [-0.2, 0) is 39.5 Å². The van der Waals surface area contributed by atoms with E-state index in [4.69, 9.17) is 27.6 Å². The van der Waals surface area contributed by atoms with Gasteiger partial charge in [0, 0.05) is 11.1 Å². The lowest BCUT2D eigenvalue weighted by molar-refractivity contribution is 0.216. The summed E-state index contributed by atoms with van der Waals surface area (Å²) < 4.78 is 61.3. The SMILES string of the molecule is CCCCCOc1cc(CP(=O)(OCC)OCC)c(OCCCCC)cc1CP(=O)(OCC)OCC. The summed E-state index contributed by atoms with van der Waals surface area (Å²) in [6, 6.07) is 3.65. The fourth-order valence-corrected chi connectivity index (χ4v) is 7.11. The molecule has 0 heterocycles. The topological polar surface area (TPSA) is 89.5 Å². The van der Waals surface area contributed by atoms with Gasteiger partial charge in [0.1, 0.15) is 11.5 Å². The molecule has 8 nitrogen and oxygen atoms in total. The molecular formula is C26H48O8P2. The lowest BCUT2D eigenvalue weighted by atomic mass is 10.1. The number of benzene rings is 1. The van der Waals surface area contributed by atoms with Crippen LogP contribution in [0.25, 0.3) is 0 Å². The Morgan fingerprint density at radius 2 is 0.889 bits per heavy atom. The van der Waals surface area contributed by atoms with Crippen LogP contribution >= 0.6 is 15.2 Å². The summed E-state index contributed by atoms with van der Waals surface area (Å²) in [5, 5.41) is 0. The van der Waals surface area contributed by atoms with E-state index in [0.29, 0.717) is 35.8 Å². The molecule has 1 aromatic rings. The molecule has 0 radical (unpaired) electrons. The molecule has 0 aliphatic rings. The molecule has 0 bridgehead atoms. The predicted molar refractivity (Wildman–Crippen MR) is 146 cm³/mol. The van der Waals surface area contributed by atoms with E-state index in [-0.39, 0.29) is 38.8 Å². The van der Waals surface area contributed by atoms with Crippen LogP contribution in [0.15, 0.2) is 12.1 Å². The van der Waals surface area contributed by atoms with Crippen molar-refractivity contribution in [1.82, 2.24) is 0 Å². The summed E-state index contributed by atoms with van der Waals surface area (Å²) in [7, 11) is -6.77. The van der Waals surface area contributed by atoms with Crippen LogP contribution in [0.1, 0.15) is 91.2 Å². The van der Waals surface area contributed by atoms with E-state index >= 15 is 0 Å². The van der Waals surface area contributed by atoms with Crippen molar-refractivity contribution in [2.24, 2.45) is 0 Å². The number of unbranched alkanes of at least 4 members (excludes halogenated alkanes) is 4. The first kappa shape index (κ1) is 33.1. The van der Waals surface area contributed by atoms with Gasteiger partial charge in [-0.15, -0.1) is 0 Å². The Hall–Kier alpha value is -0.880. The van der Waals surface area contributed by atoms with Crippen LogP contribution in [0, 0.1) is 0 Å². The van der Waals surface area contributed by atoms with Crippen LogP contribution in [0.5, 0.6) is 11.5 Å². The van der Waals surface area contributed by atoms with Crippen LogP contribution in [-0.4, -0.2) is 39.6 Å². The number of ether oxygens (including phenoxy) is 2. The van der Waals surface area contributed by atoms with Gasteiger partial charge >= 0.3 is 15.2 Å². The first-order chi connectivity index (χ1) is 17.3. The maximum Gasteiger partial charge on any atom is 0.335 e. The zero-order chi connectivity index (χ0) is 26.9. The van der Waals surface area contributed by atoms with E-state index in [1.807, 2.05) is 12.1 Å². The maximum atomic E-state index is 13.4. The number of hydrogen-bond acceptors (Lipinski definition) is 8. The Bertz CT molecular complexity index is 743. The highest BCUT2D eigenvalue weighted by Crippen LogP contribution is 2.55. The second-order valence-electron chi connectivity index (χ2n) is 8.39. The van der Waals surface area contributed by atoms with Crippen LogP contribution < -0.4 is 9.47 Å². The van der Waals surface area contributed by atoms with Gasteiger partial charge < -0.3 is 27.6 Å². The molecule has 0 aliphatic carbocycles. The van der Waals surface area contributed by atoms with Crippen LogP contribution in [0.3, 0.4) is 0 Å². The maximum absolute atomic E-state index is 13.4. The molecule has 0 aromatic heterocycles. The van der Waals surface area contributed by atoms with Crippen molar-refractivity contribution in [1.29, 1.82) is 0 Å². The number of rotatable bonds is 22. The molecule has 0 saturated carbocycles. The largest absolute Gasteiger partial charge is 0.493 e. The minimum absolute atomic E-state index is 0.0535. The quantitative estimate of drug-likeness (QED) is 0.105. The molecule has 210 valence electrons. The average molecular weight is 551 g/mol. The Morgan fingerprint density at radius 1 is 0.556 bits per heavy atom. The molecule has 0 amide bonds. The highest BCUT2D eigenvalue weighted by Gasteiger charge is 2.30. The lowest BCUT2D eigenvalue weighted by Crippen LogP contribution is -2.08. The van der Waals surface area contributed by atoms with Gasteiger partial charge in [-0.05, 0) is 52.7 Å². The van der Waals surface area contributed by atoms with Gasteiger partial charge in [0.15, 0.2) is 0 Å². The third-order valence-electron chi connectivity index (χ3n) is 5.29. The summed E-state index contributed by atoms with van der Waals surface area (Å²) in [6.45, 7) is 13.5. The summed E-state index contributed by atoms with van der Waals surface area (Å²) in [6.07, 6.45) is 6.12. The smallest absolute Gasteiger partial charge is 0.335 e. The molecule has 0 saturated heterocycles. The third-order valence-corrected chi connectivity index (χ3v) is 9.35. The predicted octanol–water partition coefficient (Wildman–Crippen LogP) is 8.36. The minimum atomic E-state index is -3.39. The van der Waals surface area contributed by atoms with Gasteiger partial charge in [0.05, 0.1) is 52.0 Å². The van der Waals surface area contributed by atoms with E-state index in [0.717, 1.165) is 38.5 Å². The van der Waals surface area contributed by atoms with Crippen molar-refractivity contribution in [2.75, 3.05) is 39.6 Å². The van der Waals surface area contributed by atoms with Gasteiger partial charge in [0.25, 0.3) is 0 Å². The van der Waals surface area contributed by atoms with Gasteiger partial charge in [-0.3, -0.25) is 9.13 Å². The molecule has 0 unspecified atom stereocenters. The third kappa shape index (κ3) is 12.1.